The lowest BCUT2D eigenvalue weighted by atomic mass is 9.86. The van der Waals surface area contributed by atoms with Gasteiger partial charge in [-0.3, -0.25) is 0 Å². The van der Waals surface area contributed by atoms with E-state index in [1.807, 2.05) is 6.07 Å². The minimum atomic E-state index is 0.296. The average molecular weight is 367 g/mol. The van der Waals surface area contributed by atoms with Gasteiger partial charge < -0.3 is 4.74 Å². The van der Waals surface area contributed by atoms with Crippen LogP contribution in [0.25, 0.3) is 0 Å². The highest BCUT2D eigenvalue weighted by molar-refractivity contribution is 9.10. The van der Waals surface area contributed by atoms with E-state index < -0.39 is 0 Å². The molecule has 0 aromatic heterocycles. The predicted octanol–water partition coefficient (Wildman–Crippen LogP) is 5.83. The highest BCUT2D eigenvalue weighted by Crippen LogP contribution is 2.32. The van der Waals surface area contributed by atoms with Crippen molar-refractivity contribution in [3.63, 3.8) is 0 Å². The van der Waals surface area contributed by atoms with Gasteiger partial charge in [0.1, 0.15) is 5.75 Å². The molecule has 23 heavy (non-hydrogen) atoms. The normalized spacial score (nSPS) is 11.9. The van der Waals surface area contributed by atoms with Crippen LogP contribution in [0.4, 0.5) is 0 Å². The van der Waals surface area contributed by atoms with Gasteiger partial charge in [0.15, 0.2) is 0 Å². The molecule has 1 atom stereocenters. The van der Waals surface area contributed by atoms with Crippen molar-refractivity contribution >= 4 is 15.9 Å². The Kier molecular flexibility index (Phi) is 5.14. The van der Waals surface area contributed by atoms with Gasteiger partial charge in [0.2, 0.25) is 0 Å². The first kappa shape index (κ1) is 15.8. The first-order valence-electron chi connectivity index (χ1n) is 7.70. The molecule has 0 heterocycles. The number of ether oxygens (including phenoxy) is 1. The van der Waals surface area contributed by atoms with Gasteiger partial charge in [0.25, 0.3) is 0 Å². The molecule has 3 aromatic carbocycles. The van der Waals surface area contributed by atoms with E-state index in [0.29, 0.717) is 5.92 Å². The molecule has 0 aliphatic rings. The molecule has 0 N–H and O–H groups in total. The molecule has 0 radical (unpaired) electrons. The van der Waals surface area contributed by atoms with Crippen molar-refractivity contribution in [1.82, 2.24) is 0 Å². The molecule has 3 rings (SSSR count). The predicted molar refractivity (Wildman–Crippen MR) is 99.1 cm³/mol. The van der Waals surface area contributed by atoms with Gasteiger partial charge in [-0.15, -0.1) is 0 Å². The first-order chi connectivity index (χ1) is 11.3. The smallest absolute Gasteiger partial charge is 0.119 e. The van der Waals surface area contributed by atoms with Crippen LogP contribution in [0.3, 0.4) is 0 Å². The van der Waals surface area contributed by atoms with Gasteiger partial charge >= 0.3 is 0 Å². The van der Waals surface area contributed by atoms with Crippen LogP contribution < -0.4 is 4.74 Å². The van der Waals surface area contributed by atoms with Crippen LogP contribution in [-0.2, 0) is 6.42 Å². The summed E-state index contributed by atoms with van der Waals surface area (Å²) < 4.78 is 6.56. The van der Waals surface area contributed by atoms with Crippen LogP contribution in [0.15, 0.2) is 83.3 Å². The van der Waals surface area contributed by atoms with E-state index in [9.17, 15) is 0 Å². The molecule has 0 spiro atoms. The molecule has 0 aliphatic heterocycles. The van der Waals surface area contributed by atoms with Gasteiger partial charge in [0.05, 0.1) is 7.11 Å². The summed E-state index contributed by atoms with van der Waals surface area (Å²) in [6, 6.07) is 27.4. The van der Waals surface area contributed by atoms with Gasteiger partial charge in [-0.25, -0.2) is 0 Å². The number of halogens is 1. The highest BCUT2D eigenvalue weighted by atomic mass is 79.9. The second-order valence-electron chi connectivity index (χ2n) is 5.54. The Morgan fingerprint density at radius 2 is 1.52 bits per heavy atom. The van der Waals surface area contributed by atoms with Crippen molar-refractivity contribution in [3.8, 4) is 5.75 Å². The van der Waals surface area contributed by atoms with Crippen molar-refractivity contribution in [3.05, 3.63) is 100 Å². The minimum absolute atomic E-state index is 0.296. The summed E-state index contributed by atoms with van der Waals surface area (Å²) in [6.45, 7) is 0. The lowest BCUT2D eigenvalue weighted by Gasteiger charge is -2.19. The Bertz CT molecular complexity index is 768. The minimum Gasteiger partial charge on any atom is -0.497 e. The maximum Gasteiger partial charge on any atom is 0.119 e. The number of rotatable bonds is 5. The van der Waals surface area contributed by atoms with Crippen LogP contribution in [-0.4, -0.2) is 7.11 Å². The molecule has 1 nitrogen and oxygen atoms in total. The number of benzene rings is 3. The number of methoxy groups -OCH3 is 1. The van der Waals surface area contributed by atoms with E-state index in [2.05, 4.69) is 88.7 Å². The number of hydrogen-bond acceptors (Lipinski definition) is 1. The van der Waals surface area contributed by atoms with Gasteiger partial charge in [-0.2, -0.15) is 0 Å². The third kappa shape index (κ3) is 3.83. The summed E-state index contributed by atoms with van der Waals surface area (Å²) in [5.41, 5.74) is 3.90. The summed E-state index contributed by atoms with van der Waals surface area (Å²) >= 11 is 3.67. The molecule has 2 heteroatoms. The second-order valence-corrected chi connectivity index (χ2v) is 6.39. The molecular weight excluding hydrogens is 348 g/mol. The lowest BCUT2D eigenvalue weighted by molar-refractivity contribution is 0.414. The van der Waals surface area contributed by atoms with Crippen molar-refractivity contribution in [1.29, 1.82) is 0 Å². The van der Waals surface area contributed by atoms with Crippen molar-refractivity contribution < 1.29 is 4.74 Å². The zero-order valence-corrected chi connectivity index (χ0v) is 14.7. The maximum absolute atomic E-state index is 5.41. The van der Waals surface area contributed by atoms with Gasteiger partial charge in [-0.05, 0) is 41.3 Å². The van der Waals surface area contributed by atoms with E-state index in [0.717, 1.165) is 16.6 Å². The summed E-state index contributed by atoms with van der Waals surface area (Å²) in [7, 11) is 1.71. The Hall–Kier alpha value is -2.06. The number of hydrogen-bond donors (Lipinski definition) is 0. The molecule has 0 saturated carbocycles. The molecule has 0 fully saturated rings. The molecule has 0 aliphatic carbocycles. The van der Waals surface area contributed by atoms with Crippen LogP contribution in [0.1, 0.15) is 22.6 Å². The lowest BCUT2D eigenvalue weighted by Crippen LogP contribution is -2.06. The monoisotopic (exact) mass is 366 g/mol. The largest absolute Gasteiger partial charge is 0.497 e. The van der Waals surface area contributed by atoms with Crippen molar-refractivity contribution in [2.75, 3.05) is 7.11 Å². The molecule has 3 aromatic rings. The van der Waals surface area contributed by atoms with E-state index in [1.165, 1.54) is 16.7 Å². The fraction of sp³-hybridized carbons (Fsp3) is 0.143. The van der Waals surface area contributed by atoms with Crippen LogP contribution in [0.5, 0.6) is 5.75 Å². The topological polar surface area (TPSA) is 9.23 Å². The Balaban J connectivity index is 2.02. The zero-order valence-electron chi connectivity index (χ0n) is 13.1. The third-order valence-corrected chi connectivity index (χ3v) is 4.85. The van der Waals surface area contributed by atoms with Crippen molar-refractivity contribution in [2.24, 2.45) is 0 Å². The zero-order chi connectivity index (χ0) is 16.1. The van der Waals surface area contributed by atoms with Crippen LogP contribution in [0.2, 0.25) is 0 Å². The van der Waals surface area contributed by atoms with E-state index in [1.54, 1.807) is 7.11 Å². The molecule has 0 bridgehead atoms. The average Bonchev–Trinajstić information content (AvgIpc) is 2.62. The van der Waals surface area contributed by atoms with Crippen molar-refractivity contribution in [2.45, 2.75) is 12.3 Å². The molecule has 0 saturated heterocycles. The summed E-state index contributed by atoms with van der Waals surface area (Å²) in [6.07, 6.45) is 0.943. The van der Waals surface area contributed by atoms with Gasteiger partial charge in [-0.1, -0.05) is 76.6 Å². The fourth-order valence-electron chi connectivity index (χ4n) is 2.86. The molecule has 116 valence electrons. The van der Waals surface area contributed by atoms with E-state index in [-0.39, 0.29) is 0 Å². The molecule has 1 unspecified atom stereocenters. The standard InChI is InChI=1S/C21H19BrO/c1-23-19-12-7-11-17(14-19)20(16-8-3-2-4-9-16)15-18-10-5-6-13-21(18)22/h2-14,20H,15H2,1H3. The Morgan fingerprint density at radius 3 is 2.26 bits per heavy atom. The van der Waals surface area contributed by atoms with Gasteiger partial charge in [0, 0.05) is 10.4 Å². The summed E-state index contributed by atoms with van der Waals surface area (Å²) in [5, 5.41) is 0. The maximum atomic E-state index is 5.41. The van der Waals surface area contributed by atoms with E-state index >= 15 is 0 Å². The summed E-state index contributed by atoms with van der Waals surface area (Å²) in [4.78, 5) is 0. The third-order valence-electron chi connectivity index (χ3n) is 4.08. The Morgan fingerprint density at radius 1 is 0.826 bits per heavy atom. The SMILES string of the molecule is COc1cccc(C(Cc2ccccc2Br)c2ccccc2)c1. The van der Waals surface area contributed by atoms with E-state index in [4.69, 9.17) is 4.74 Å². The quantitative estimate of drug-likeness (QED) is 0.551. The Labute approximate surface area is 146 Å². The second kappa shape index (κ2) is 7.47. The van der Waals surface area contributed by atoms with Crippen LogP contribution >= 0.6 is 15.9 Å². The van der Waals surface area contributed by atoms with Crippen LogP contribution in [0, 0.1) is 0 Å². The molecular formula is C21H19BrO. The molecule has 0 amide bonds. The fourth-order valence-corrected chi connectivity index (χ4v) is 3.30. The first-order valence-corrected chi connectivity index (χ1v) is 8.49. The summed E-state index contributed by atoms with van der Waals surface area (Å²) in [5.74, 6) is 1.19. The highest BCUT2D eigenvalue weighted by Gasteiger charge is 2.16.